The van der Waals surface area contributed by atoms with Gasteiger partial charge in [0.15, 0.2) is 0 Å². The molecular weight excluding hydrogens is 183 g/mol. The number of nitrogen functional groups attached to an aromatic ring is 1. The molecule has 0 aliphatic rings. The summed E-state index contributed by atoms with van der Waals surface area (Å²) in [6.45, 7) is 3.56. The average Bonchev–Trinajstić information content (AvgIpc) is 2.11. The lowest BCUT2D eigenvalue weighted by Crippen LogP contribution is -2.17. The molecule has 0 saturated heterocycles. The third-order valence-corrected chi connectivity index (χ3v) is 1.79. The molecule has 14 heavy (non-hydrogen) atoms. The molecule has 0 atom stereocenters. The highest BCUT2D eigenvalue weighted by Gasteiger charge is 2.07. The third-order valence-electron chi connectivity index (χ3n) is 1.79. The summed E-state index contributed by atoms with van der Waals surface area (Å²) < 4.78 is 12.8. The molecule has 4 heteroatoms. The van der Waals surface area contributed by atoms with Crippen molar-refractivity contribution in [3.63, 3.8) is 0 Å². The van der Waals surface area contributed by atoms with Crippen molar-refractivity contribution in [2.75, 3.05) is 11.1 Å². The van der Waals surface area contributed by atoms with Gasteiger partial charge in [0.05, 0.1) is 5.69 Å². The highest BCUT2D eigenvalue weighted by atomic mass is 19.1. The maximum absolute atomic E-state index is 12.8. The van der Waals surface area contributed by atoms with Crippen molar-refractivity contribution in [2.45, 2.75) is 13.8 Å². The van der Waals surface area contributed by atoms with Gasteiger partial charge in [-0.05, 0) is 18.2 Å². The molecule has 0 aliphatic carbocycles. The zero-order chi connectivity index (χ0) is 10.7. The molecule has 3 N–H and O–H groups in total. The van der Waals surface area contributed by atoms with E-state index in [1.54, 1.807) is 13.8 Å². The van der Waals surface area contributed by atoms with Crippen molar-refractivity contribution in [3.8, 4) is 0 Å². The van der Waals surface area contributed by atoms with Crippen LogP contribution in [0.1, 0.15) is 13.8 Å². The lowest BCUT2D eigenvalue weighted by molar-refractivity contribution is -0.118. The third kappa shape index (κ3) is 2.45. The minimum atomic E-state index is -0.479. The minimum absolute atomic E-state index is 0.0338. The van der Waals surface area contributed by atoms with E-state index in [0.717, 1.165) is 0 Å². The summed E-state index contributed by atoms with van der Waals surface area (Å²) in [6.07, 6.45) is 0. The van der Waals surface area contributed by atoms with E-state index in [1.165, 1.54) is 18.2 Å². The number of rotatable bonds is 2. The molecule has 0 unspecified atom stereocenters. The van der Waals surface area contributed by atoms with Crippen LogP contribution in [0, 0.1) is 11.7 Å². The predicted octanol–water partition coefficient (Wildman–Crippen LogP) is 2.00. The van der Waals surface area contributed by atoms with E-state index in [-0.39, 0.29) is 17.5 Å². The van der Waals surface area contributed by atoms with Gasteiger partial charge in [-0.15, -0.1) is 0 Å². The number of amides is 1. The molecule has 0 heterocycles. The standard InChI is InChI=1S/C10H13FN2O/c1-6(2)10(14)13-7-3-4-8(11)9(12)5-7/h3-6H,12H2,1-2H3,(H,13,14). The van der Waals surface area contributed by atoms with Gasteiger partial charge in [0, 0.05) is 11.6 Å². The van der Waals surface area contributed by atoms with Crippen LogP contribution < -0.4 is 11.1 Å². The van der Waals surface area contributed by atoms with Crippen LogP contribution in [0.25, 0.3) is 0 Å². The van der Waals surface area contributed by atoms with Gasteiger partial charge in [0.1, 0.15) is 5.82 Å². The summed E-state index contributed by atoms with van der Waals surface area (Å²) in [5.41, 5.74) is 5.90. The van der Waals surface area contributed by atoms with Gasteiger partial charge in [0.2, 0.25) is 5.91 Å². The SMILES string of the molecule is CC(C)C(=O)Nc1ccc(F)c(N)c1. The Kier molecular flexibility index (Phi) is 3.06. The summed E-state index contributed by atoms with van der Waals surface area (Å²) in [5.74, 6) is -0.704. The van der Waals surface area contributed by atoms with Crippen molar-refractivity contribution < 1.29 is 9.18 Å². The molecule has 0 aliphatic heterocycles. The quantitative estimate of drug-likeness (QED) is 0.711. The normalized spacial score (nSPS) is 10.3. The maximum Gasteiger partial charge on any atom is 0.226 e. The molecule has 1 aromatic carbocycles. The monoisotopic (exact) mass is 196 g/mol. The van der Waals surface area contributed by atoms with Crippen LogP contribution in [0.5, 0.6) is 0 Å². The summed E-state index contributed by atoms with van der Waals surface area (Å²) >= 11 is 0. The molecule has 76 valence electrons. The second-order valence-electron chi connectivity index (χ2n) is 3.38. The van der Waals surface area contributed by atoms with Crippen LogP contribution in [-0.2, 0) is 4.79 Å². The Morgan fingerprint density at radius 1 is 1.50 bits per heavy atom. The number of nitrogens with two attached hydrogens (primary N) is 1. The summed E-state index contributed by atoms with van der Waals surface area (Å²) in [7, 11) is 0. The smallest absolute Gasteiger partial charge is 0.226 e. The van der Waals surface area contributed by atoms with Gasteiger partial charge in [-0.1, -0.05) is 13.8 Å². The number of halogens is 1. The van der Waals surface area contributed by atoms with Gasteiger partial charge in [-0.25, -0.2) is 4.39 Å². The number of hydrogen-bond acceptors (Lipinski definition) is 2. The summed E-state index contributed by atoms with van der Waals surface area (Å²) in [6, 6.07) is 4.10. The van der Waals surface area contributed by atoms with Crippen molar-refractivity contribution in [3.05, 3.63) is 24.0 Å². The first-order valence-corrected chi connectivity index (χ1v) is 4.36. The van der Waals surface area contributed by atoms with Crippen LogP contribution in [-0.4, -0.2) is 5.91 Å². The minimum Gasteiger partial charge on any atom is -0.396 e. The average molecular weight is 196 g/mol. The van der Waals surface area contributed by atoms with E-state index in [2.05, 4.69) is 5.32 Å². The van der Waals surface area contributed by atoms with Crippen LogP contribution in [0.3, 0.4) is 0 Å². The lowest BCUT2D eigenvalue weighted by Gasteiger charge is -2.08. The number of carbonyl (C=O) groups excluding carboxylic acids is 1. The summed E-state index contributed by atoms with van der Waals surface area (Å²) in [4.78, 5) is 11.3. The van der Waals surface area contributed by atoms with E-state index in [0.29, 0.717) is 5.69 Å². The zero-order valence-electron chi connectivity index (χ0n) is 8.17. The van der Waals surface area contributed by atoms with E-state index in [4.69, 9.17) is 5.73 Å². The largest absolute Gasteiger partial charge is 0.396 e. The zero-order valence-corrected chi connectivity index (χ0v) is 8.17. The molecular formula is C10H13FN2O. The van der Waals surface area contributed by atoms with Crippen LogP contribution in [0.15, 0.2) is 18.2 Å². The molecule has 1 amide bonds. The highest BCUT2D eigenvalue weighted by Crippen LogP contribution is 2.16. The topological polar surface area (TPSA) is 55.1 Å². The molecule has 0 saturated carbocycles. The predicted molar refractivity (Wildman–Crippen MR) is 54.3 cm³/mol. The second kappa shape index (κ2) is 4.09. The first kappa shape index (κ1) is 10.5. The first-order chi connectivity index (χ1) is 6.50. The van der Waals surface area contributed by atoms with Gasteiger partial charge in [-0.2, -0.15) is 0 Å². The Morgan fingerprint density at radius 3 is 2.64 bits per heavy atom. The van der Waals surface area contributed by atoms with Crippen LogP contribution in [0.2, 0.25) is 0 Å². The summed E-state index contributed by atoms with van der Waals surface area (Å²) in [5, 5.41) is 2.62. The van der Waals surface area contributed by atoms with E-state index >= 15 is 0 Å². The van der Waals surface area contributed by atoms with E-state index in [1.807, 2.05) is 0 Å². The number of nitrogens with one attached hydrogen (secondary N) is 1. The van der Waals surface area contributed by atoms with E-state index < -0.39 is 5.82 Å². The Balaban J connectivity index is 2.78. The number of hydrogen-bond donors (Lipinski definition) is 2. The lowest BCUT2D eigenvalue weighted by atomic mass is 10.2. The molecule has 0 spiro atoms. The molecule has 3 nitrogen and oxygen atoms in total. The Labute approximate surface area is 82.1 Å². The van der Waals surface area contributed by atoms with Crippen molar-refractivity contribution in [1.29, 1.82) is 0 Å². The molecule has 1 rings (SSSR count). The fourth-order valence-electron chi connectivity index (χ4n) is 0.908. The molecule has 0 fully saturated rings. The molecule has 1 aromatic rings. The Morgan fingerprint density at radius 2 is 2.14 bits per heavy atom. The van der Waals surface area contributed by atoms with Gasteiger partial charge < -0.3 is 11.1 Å². The second-order valence-corrected chi connectivity index (χ2v) is 3.38. The van der Waals surface area contributed by atoms with Crippen molar-refractivity contribution in [2.24, 2.45) is 5.92 Å². The molecule has 0 bridgehead atoms. The number of anilines is 2. The fraction of sp³-hybridized carbons (Fsp3) is 0.300. The van der Waals surface area contributed by atoms with Crippen LogP contribution >= 0.6 is 0 Å². The van der Waals surface area contributed by atoms with Gasteiger partial charge in [0.25, 0.3) is 0 Å². The fourth-order valence-corrected chi connectivity index (χ4v) is 0.908. The Hall–Kier alpha value is -1.58. The first-order valence-electron chi connectivity index (χ1n) is 4.36. The van der Waals surface area contributed by atoms with Crippen molar-refractivity contribution >= 4 is 17.3 Å². The Bertz CT molecular complexity index is 350. The van der Waals surface area contributed by atoms with Gasteiger partial charge >= 0.3 is 0 Å². The van der Waals surface area contributed by atoms with Gasteiger partial charge in [-0.3, -0.25) is 4.79 Å². The van der Waals surface area contributed by atoms with E-state index in [9.17, 15) is 9.18 Å². The number of benzene rings is 1. The maximum atomic E-state index is 12.8. The highest BCUT2D eigenvalue weighted by molar-refractivity contribution is 5.92. The van der Waals surface area contributed by atoms with Crippen LogP contribution in [0.4, 0.5) is 15.8 Å². The number of carbonyl (C=O) groups is 1. The molecule has 0 radical (unpaired) electrons. The van der Waals surface area contributed by atoms with Crippen molar-refractivity contribution in [1.82, 2.24) is 0 Å². The molecule has 0 aromatic heterocycles.